The van der Waals surface area contributed by atoms with E-state index >= 15 is 0 Å². The lowest BCUT2D eigenvalue weighted by Gasteiger charge is -2.33. The number of nitrogens with one attached hydrogen (secondary N) is 1. The van der Waals surface area contributed by atoms with Gasteiger partial charge >= 0.3 is 5.97 Å². The molecule has 1 heterocycles. The van der Waals surface area contributed by atoms with Crippen molar-refractivity contribution < 1.29 is 19.5 Å². The highest BCUT2D eigenvalue weighted by molar-refractivity contribution is 5.97. The van der Waals surface area contributed by atoms with Crippen molar-refractivity contribution in [2.45, 2.75) is 64.3 Å². The molecule has 1 aromatic carbocycles. The first-order chi connectivity index (χ1) is 13.2. The third-order valence-electron chi connectivity index (χ3n) is 6.36. The molecule has 1 aliphatic heterocycles. The van der Waals surface area contributed by atoms with Gasteiger partial charge in [0, 0.05) is 24.7 Å². The van der Waals surface area contributed by atoms with Gasteiger partial charge in [-0.1, -0.05) is 19.1 Å². The number of hydrogen-bond donors (Lipinski definition) is 2. The fraction of sp³-hybridized carbons (Fsp3) is 0.591. The lowest BCUT2D eigenvalue weighted by molar-refractivity contribution is -0.142. The van der Waals surface area contributed by atoms with Crippen LogP contribution in [0.25, 0.3) is 0 Å². The topological polar surface area (TPSA) is 86.7 Å². The summed E-state index contributed by atoms with van der Waals surface area (Å²) in [5.74, 6) is -0.571. The van der Waals surface area contributed by atoms with E-state index < -0.39 is 11.4 Å². The Bertz CT molecular complexity index is 748. The van der Waals surface area contributed by atoms with E-state index in [2.05, 4.69) is 12.2 Å². The Morgan fingerprint density at radius 1 is 1.11 bits per heavy atom. The lowest BCUT2D eigenvalue weighted by Crippen LogP contribution is -2.39. The van der Waals surface area contributed by atoms with Gasteiger partial charge in [0.15, 0.2) is 0 Å². The number of hydrogen-bond acceptors (Lipinski definition) is 3. The molecule has 3 rings (SSSR count). The van der Waals surface area contributed by atoms with Gasteiger partial charge in [-0.05, 0) is 63.1 Å². The normalized spacial score (nSPS) is 25.6. The van der Waals surface area contributed by atoms with Crippen molar-refractivity contribution in [2.75, 3.05) is 11.9 Å². The molecule has 152 valence electrons. The van der Waals surface area contributed by atoms with Gasteiger partial charge in [0.05, 0.1) is 11.3 Å². The van der Waals surface area contributed by atoms with Crippen LogP contribution in [0.2, 0.25) is 0 Å². The summed E-state index contributed by atoms with van der Waals surface area (Å²) < 4.78 is 0. The van der Waals surface area contributed by atoms with Gasteiger partial charge < -0.3 is 15.3 Å². The Morgan fingerprint density at radius 3 is 2.29 bits per heavy atom. The number of carboxylic acid groups (broad SMARTS) is 1. The van der Waals surface area contributed by atoms with Crippen molar-refractivity contribution in [3.05, 3.63) is 29.8 Å². The molecule has 2 N–H and O–H groups in total. The molecule has 1 unspecified atom stereocenters. The molecule has 0 aromatic heterocycles. The summed E-state index contributed by atoms with van der Waals surface area (Å²) in [6.07, 6.45) is 4.61. The van der Waals surface area contributed by atoms with Crippen molar-refractivity contribution in [3.8, 4) is 0 Å². The SMILES string of the molecule is CC1CCC(N2CC(C(=O)Nc3ccc(C(C)(C)C(=O)O)cc3)CC2=O)CC1. The van der Waals surface area contributed by atoms with Gasteiger partial charge in [-0.3, -0.25) is 14.4 Å². The van der Waals surface area contributed by atoms with E-state index in [0.29, 0.717) is 17.8 Å². The summed E-state index contributed by atoms with van der Waals surface area (Å²) in [4.78, 5) is 38.4. The summed E-state index contributed by atoms with van der Waals surface area (Å²) in [6, 6.07) is 7.15. The third-order valence-corrected chi connectivity index (χ3v) is 6.36. The Hall–Kier alpha value is -2.37. The minimum atomic E-state index is -0.988. The first-order valence-electron chi connectivity index (χ1n) is 10.1. The van der Waals surface area contributed by atoms with Crippen LogP contribution in [0.15, 0.2) is 24.3 Å². The predicted molar refractivity (Wildman–Crippen MR) is 107 cm³/mol. The molecule has 2 aliphatic rings. The second-order valence-corrected chi connectivity index (χ2v) is 8.86. The number of carbonyl (C=O) groups is 3. The Kier molecular flexibility index (Phi) is 5.77. The van der Waals surface area contributed by atoms with E-state index in [9.17, 15) is 19.5 Å². The van der Waals surface area contributed by atoms with E-state index in [-0.39, 0.29) is 30.2 Å². The predicted octanol–water partition coefficient (Wildman–Crippen LogP) is 3.41. The number of likely N-dealkylation sites (tertiary alicyclic amines) is 1. The largest absolute Gasteiger partial charge is 0.481 e. The summed E-state index contributed by atoms with van der Waals surface area (Å²) >= 11 is 0. The van der Waals surface area contributed by atoms with Crippen molar-refractivity contribution in [2.24, 2.45) is 11.8 Å². The van der Waals surface area contributed by atoms with Crippen molar-refractivity contribution in [1.29, 1.82) is 0 Å². The van der Waals surface area contributed by atoms with E-state index in [1.165, 1.54) is 0 Å². The van der Waals surface area contributed by atoms with E-state index in [4.69, 9.17) is 0 Å². The number of carbonyl (C=O) groups excluding carboxylic acids is 2. The first kappa shape index (κ1) is 20.4. The molecule has 6 heteroatoms. The number of amides is 2. The maximum atomic E-state index is 12.6. The van der Waals surface area contributed by atoms with Crippen LogP contribution in [0, 0.1) is 11.8 Å². The lowest BCUT2D eigenvalue weighted by atomic mass is 9.85. The Labute approximate surface area is 166 Å². The van der Waals surface area contributed by atoms with E-state index in [0.717, 1.165) is 31.6 Å². The van der Waals surface area contributed by atoms with E-state index in [1.807, 2.05) is 4.90 Å². The molecule has 1 atom stereocenters. The van der Waals surface area contributed by atoms with Crippen LogP contribution in [-0.2, 0) is 19.8 Å². The minimum absolute atomic E-state index is 0.0817. The van der Waals surface area contributed by atoms with Gasteiger partial charge in [0.25, 0.3) is 0 Å². The molecular formula is C22H30N2O4. The average molecular weight is 386 g/mol. The van der Waals surface area contributed by atoms with Crippen LogP contribution in [0.4, 0.5) is 5.69 Å². The standard InChI is InChI=1S/C22H30N2O4/c1-14-4-10-18(11-5-14)24-13-15(12-19(24)25)20(26)23-17-8-6-16(7-9-17)22(2,3)21(27)28/h6-9,14-15,18H,4-5,10-13H2,1-3H3,(H,23,26)(H,27,28). The molecule has 0 spiro atoms. The Morgan fingerprint density at radius 2 is 1.71 bits per heavy atom. The van der Waals surface area contributed by atoms with Crippen LogP contribution < -0.4 is 5.32 Å². The molecule has 28 heavy (non-hydrogen) atoms. The molecule has 2 fully saturated rings. The smallest absolute Gasteiger partial charge is 0.313 e. The minimum Gasteiger partial charge on any atom is -0.481 e. The summed E-state index contributed by atoms with van der Waals surface area (Å²) in [7, 11) is 0. The molecule has 0 radical (unpaired) electrons. The average Bonchev–Trinajstić information content (AvgIpc) is 3.04. The number of aliphatic carboxylic acids is 1. The molecule has 1 saturated carbocycles. The summed E-state index contributed by atoms with van der Waals surface area (Å²) in [5, 5.41) is 12.2. The number of rotatable bonds is 5. The van der Waals surface area contributed by atoms with Crippen molar-refractivity contribution in [1.82, 2.24) is 4.90 Å². The monoisotopic (exact) mass is 386 g/mol. The van der Waals surface area contributed by atoms with Crippen LogP contribution in [0.3, 0.4) is 0 Å². The van der Waals surface area contributed by atoms with Gasteiger partial charge in [0.2, 0.25) is 11.8 Å². The first-order valence-corrected chi connectivity index (χ1v) is 10.1. The van der Waals surface area contributed by atoms with Crippen molar-refractivity contribution in [3.63, 3.8) is 0 Å². The maximum absolute atomic E-state index is 12.6. The molecule has 1 saturated heterocycles. The van der Waals surface area contributed by atoms with Crippen molar-refractivity contribution >= 4 is 23.5 Å². The zero-order chi connectivity index (χ0) is 20.5. The Balaban J connectivity index is 1.59. The third kappa shape index (κ3) is 4.21. The van der Waals surface area contributed by atoms with Gasteiger partial charge in [0.1, 0.15) is 0 Å². The fourth-order valence-corrected chi connectivity index (χ4v) is 4.15. The molecule has 2 amide bonds. The van der Waals surface area contributed by atoms with Gasteiger partial charge in [-0.15, -0.1) is 0 Å². The van der Waals surface area contributed by atoms with Gasteiger partial charge in [-0.2, -0.15) is 0 Å². The highest BCUT2D eigenvalue weighted by atomic mass is 16.4. The number of carboxylic acids is 1. The molecule has 1 aliphatic carbocycles. The zero-order valence-electron chi connectivity index (χ0n) is 16.9. The quantitative estimate of drug-likeness (QED) is 0.812. The zero-order valence-corrected chi connectivity index (χ0v) is 16.9. The molecule has 0 bridgehead atoms. The van der Waals surface area contributed by atoms with Crippen LogP contribution in [0.1, 0.15) is 58.4 Å². The van der Waals surface area contributed by atoms with E-state index in [1.54, 1.807) is 38.1 Å². The van der Waals surface area contributed by atoms with Crippen LogP contribution in [-0.4, -0.2) is 40.4 Å². The molecular weight excluding hydrogens is 356 g/mol. The second kappa shape index (κ2) is 7.94. The highest BCUT2D eigenvalue weighted by Gasteiger charge is 2.38. The maximum Gasteiger partial charge on any atom is 0.313 e. The summed E-state index contributed by atoms with van der Waals surface area (Å²) in [5.41, 5.74) is 0.303. The fourth-order valence-electron chi connectivity index (χ4n) is 4.15. The highest BCUT2D eigenvalue weighted by Crippen LogP contribution is 2.32. The number of benzene rings is 1. The van der Waals surface area contributed by atoms with Crippen LogP contribution >= 0.6 is 0 Å². The van der Waals surface area contributed by atoms with Gasteiger partial charge in [-0.25, -0.2) is 0 Å². The summed E-state index contributed by atoms with van der Waals surface area (Å²) in [6.45, 7) is 6.04. The molecule has 6 nitrogen and oxygen atoms in total. The second-order valence-electron chi connectivity index (χ2n) is 8.86. The number of nitrogens with zero attached hydrogens (tertiary/aromatic N) is 1. The number of anilines is 1. The molecule has 1 aromatic rings. The van der Waals surface area contributed by atoms with Crippen LogP contribution in [0.5, 0.6) is 0 Å².